The van der Waals surface area contributed by atoms with Crippen LogP contribution >= 0.6 is 11.8 Å². The normalized spacial score (nSPS) is 12.3. The van der Waals surface area contributed by atoms with Gasteiger partial charge in [-0.1, -0.05) is 32.5 Å². The molecule has 0 aliphatic carbocycles. The second-order valence-electron chi connectivity index (χ2n) is 5.40. The van der Waals surface area contributed by atoms with Gasteiger partial charge in [0.1, 0.15) is 0 Å². The van der Waals surface area contributed by atoms with Crippen LogP contribution < -0.4 is 0 Å². The molecule has 11 heteroatoms. The lowest BCUT2D eigenvalue weighted by atomic mass is 10.5. The van der Waals surface area contributed by atoms with Crippen LogP contribution in [-0.4, -0.2) is 50.6 Å². The Bertz CT molecular complexity index is 994. The van der Waals surface area contributed by atoms with Crippen LogP contribution in [-0.2, 0) is 22.2 Å². The van der Waals surface area contributed by atoms with Crippen LogP contribution in [0.15, 0.2) is 32.8 Å². The summed E-state index contributed by atoms with van der Waals surface area (Å²) in [6.45, 7) is 6.40. The SMILES string of the molecule is CCc1nnc(CSc2nnc3ccc(S(=O)(=O)N(CC)CC)cn23)o1. The molecule has 26 heavy (non-hydrogen) atoms. The minimum absolute atomic E-state index is 0.210. The zero-order chi connectivity index (χ0) is 18.7. The molecule has 3 aromatic heterocycles. The third-order valence-electron chi connectivity index (χ3n) is 3.82. The Hall–Kier alpha value is -1.98. The van der Waals surface area contributed by atoms with Crippen LogP contribution in [0.25, 0.3) is 5.65 Å². The van der Waals surface area contributed by atoms with Gasteiger partial charge in [-0.3, -0.25) is 4.40 Å². The maximum Gasteiger partial charge on any atom is 0.244 e. The van der Waals surface area contributed by atoms with E-state index in [4.69, 9.17) is 4.42 Å². The number of hydrogen-bond donors (Lipinski definition) is 0. The highest BCUT2D eigenvalue weighted by atomic mass is 32.2. The highest BCUT2D eigenvalue weighted by Crippen LogP contribution is 2.23. The lowest BCUT2D eigenvalue weighted by Gasteiger charge is -2.18. The molecular formula is C15H20N6O3S2. The number of nitrogens with zero attached hydrogens (tertiary/aromatic N) is 6. The largest absolute Gasteiger partial charge is 0.424 e. The van der Waals surface area contributed by atoms with Gasteiger partial charge in [-0.15, -0.1) is 20.4 Å². The van der Waals surface area contributed by atoms with Gasteiger partial charge in [0.15, 0.2) is 10.8 Å². The Kier molecular flexibility index (Phi) is 5.58. The fourth-order valence-corrected chi connectivity index (χ4v) is 4.64. The zero-order valence-electron chi connectivity index (χ0n) is 14.8. The highest BCUT2D eigenvalue weighted by molar-refractivity contribution is 7.98. The number of rotatable bonds is 8. The van der Waals surface area contributed by atoms with E-state index in [1.165, 1.54) is 16.1 Å². The third-order valence-corrected chi connectivity index (χ3v) is 6.78. The van der Waals surface area contributed by atoms with E-state index in [0.29, 0.717) is 47.8 Å². The van der Waals surface area contributed by atoms with E-state index in [1.54, 1.807) is 22.7 Å². The van der Waals surface area contributed by atoms with E-state index in [9.17, 15) is 8.42 Å². The van der Waals surface area contributed by atoms with E-state index in [0.717, 1.165) is 0 Å². The van der Waals surface area contributed by atoms with Crippen molar-refractivity contribution in [2.24, 2.45) is 0 Å². The first kappa shape index (κ1) is 18.8. The molecule has 0 atom stereocenters. The fraction of sp³-hybridized carbons (Fsp3) is 0.467. The number of sulfonamides is 1. The van der Waals surface area contributed by atoms with Gasteiger partial charge >= 0.3 is 0 Å². The second kappa shape index (κ2) is 7.72. The average molecular weight is 396 g/mol. The molecule has 9 nitrogen and oxygen atoms in total. The van der Waals surface area contributed by atoms with Gasteiger partial charge in [0.25, 0.3) is 0 Å². The van der Waals surface area contributed by atoms with Gasteiger partial charge < -0.3 is 4.42 Å². The Morgan fingerprint density at radius 1 is 1.08 bits per heavy atom. The molecule has 140 valence electrons. The smallest absolute Gasteiger partial charge is 0.244 e. The van der Waals surface area contributed by atoms with E-state index >= 15 is 0 Å². The van der Waals surface area contributed by atoms with Crippen LogP contribution in [0.1, 0.15) is 32.6 Å². The molecule has 3 rings (SSSR count). The molecule has 0 spiro atoms. The zero-order valence-corrected chi connectivity index (χ0v) is 16.4. The van der Waals surface area contributed by atoms with Gasteiger partial charge in [-0.2, -0.15) is 4.31 Å². The van der Waals surface area contributed by atoms with Crippen LogP contribution in [0.4, 0.5) is 0 Å². The predicted molar refractivity (Wildman–Crippen MR) is 96.3 cm³/mol. The maximum absolute atomic E-state index is 12.7. The molecule has 0 fully saturated rings. The van der Waals surface area contributed by atoms with Gasteiger partial charge in [0, 0.05) is 25.7 Å². The van der Waals surface area contributed by atoms with E-state index in [-0.39, 0.29) is 4.90 Å². The van der Waals surface area contributed by atoms with Crippen LogP contribution in [0.3, 0.4) is 0 Å². The Morgan fingerprint density at radius 2 is 1.81 bits per heavy atom. The fourth-order valence-electron chi connectivity index (χ4n) is 2.43. The van der Waals surface area contributed by atoms with Gasteiger partial charge in [-0.25, -0.2) is 8.42 Å². The summed E-state index contributed by atoms with van der Waals surface area (Å²) >= 11 is 1.36. The molecule has 0 unspecified atom stereocenters. The summed E-state index contributed by atoms with van der Waals surface area (Å²) in [5, 5.41) is 16.7. The highest BCUT2D eigenvalue weighted by Gasteiger charge is 2.23. The molecule has 0 amide bonds. The van der Waals surface area contributed by atoms with E-state index < -0.39 is 10.0 Å². The predicted octanol–water partition coefficient (Wildman–Crippen LogP) is 2.00. The number of aryl methyl sites for hydroxylation is 1. The molecular weight excluding hydrogens is 376 g/mol. The number of aromatic nitrogens is 5. The topological polar surface area (TPSA) is 106 Å². The van der Waals surface area contributed by atoms with Crippen LogP contribution in [0, 0.1) is 0 Å². The number of hydrogen-bond acceptors (Lipinski definition) is 8. The Morgan fingerprint density at radius 3 is 2.46 bits per heavy atom. The first-order valence-electron chi connectivity index (χ1n) is 8.28. The van der Waals surface area contributed by atoms with Crippen molar-refractivity contribution in [1.82, 2.24) is 29.1 Å². The standard InChI is InChI=1S/C15H20N6O3S2/c1-4-13-17-18-14(24-13)10-25-15-19-16-12-8-7-11(9-21(12)15)26(22,23)20(5-2)6-3/h7-9H,4-6,10H2,1-3H3. The average Bonchev–Trinajstić information content (AvgIpc) is 3.26. The summed E-state index contributed by atoms with van der Waals surface area (Å²) < 4.78 is 34.0. The summed E-state index contributed by atoms with van der Waals surface area (Å²) in [5.74, 6) is 1.51. The van der Waals surface area contributed by atoms with Crippen molar-refractivity contribution < 1.29 is 12.8 Å². The minimum atomic E-state index is -3.55. The summed E-state index contributed by atoms with van der Waals surface area (Å²) in [7, 11) is -3.55. The Balaban J connectivity index is 1.88. The number of thioether (sulfide) groups is 1. The molecule has 0 radical (unpaired) electrons. The van der Waals surface area contributed by atoms with Crippen molar-refractivity contribution in [3.63, 3.8) is 0 Å². The molecule has 0 aromatic carbocycles. The molecule has 0 aliphatic rings. The number of fused-ring (bicyclic) bond motifs is 1. The van der Waals surface area contributed by atoms with Crippen LogP contribution in [0.5, 0.6) is 0 Å². The van der Waals surface area contributed by atoms with Crippen LogP contribution in [0.2, 0.25) is 0 Å². The summed E-state index contributed by atoms with van der Waals surface area (Å²) in [6, 6.07) is 3.20. The Labute approximate surface area is 155 Å². The molecule has 3 aromatic rings. The first-order chi connectivity index (χ1) is 12.5. The molecule has 0 saturated heterocycles. The minimum Gasteiger partial charge on any atom is -0.424 e. The van der Waals surface area contributed by atoms with Crippen molar-refractivity contribution >= 4 is 27.4 Å². The summed E-state index contributed by atoms with van der Waals surface area (Å²) in [4.78, 5) is 0.210. The lowest BCUT2D eigenvalue weighted by molar-refractivity contribution is 0.445. The maximum atomic E-state index is 12.7. The second-order valence-corrected chi connectivity index (χ2v) is 8.28. The third kappa shape index (κ3) is 3.60. The van der Waals surface area contributed by atoms with E-state index in [2.05, 4.69) is 20.4 Å². The molecule has 0 saturated carbocycles. The molecule has 0 N–H and O–H groups in total. The monoisotopic (exact) mass is 396 g/mol. The van der Waals surface area contributed by atoms with E-state index in [1.807, 2.05) is 20.8 Å². The summed E-state index contributed by atoms with van der Waals surface area (Å²) in [5.41, 5.74) is 0.575. The quantitative estimate of drug-likeness (QED) is 0.532. The molecule has 0 aliphatic heterocycles. The first-order valence-corrected chi connectivity index (χ1v) is 10.7. The van der Waals surface area contributed by atoms with Crippen molar-refractivity contribution in [3.05, 3.63) is 30.1 Å². The number of pyridine rings is 1. The molecule has 0 bridgehead atoms. The van der Waals surface area contributed by atoms with Gasteiger partial charge in [0.2, 0.25) is 21.8 Å². The van der Waals surface area contributed by atoms with Gasteiger partial charge in [0.05, 0.1) is 10.6 Å². The molecule has 3 heterocycles. The lowest BCUT2D eigenvalue weighted by Crippen LogP contribution is -2.30. The van der Waals surface area contributed by atoms with Crippen molar-refractivity contribution in [1.29, 1.82) is 0 Å². The summed E-state index contributed by atoms with van der Waals surface area (Å²) in [6.07, 6.45) is 2.23. The van der Waals surface area contributed by atoms with Crippen molar-refractivity contribution in [3.8, 4) is 0 Å². The van der Waals surface area contributed by atoms with Gasteiger partial charge in [-0.05, 0) is 12.1 Å². The van der Waals surface area contributed by atoms with Crippen molar-refractivity contribution in [2.75, 3.05) is 13.1 Å². The van der Waals surface area contributed by atoms with Crippen molar-refractivity contribution in [2.45, 2.75) is 43.0 Å².